The standard InChI is InChI=1S/C25H31N3O2/c1-4-19-12-7-10-15-23(19)28-24(29)21-14-9-8-13-20(21)22(25(28)30)18-26-16-11-17-27(5-2)6-3/h7-10,12-15,18,22H,4-6,11,16-17H2,1-3H3/p+1/t22-/m1/s1. The summed E-state index contributed by atoms with van der Waals surface area (Å²) in [7, 11) is 0. The molecule has 1 aliphatic heterocycles. The smallest absolute Gasteiger partial charge is 0.265 e. The SMILES string of the molecule is CCc1ccccc1N1C(=O)c2ccccc2[C@@H](C=NCCC[NH+](CC)CC)C1=O. The molecule has 0 unspecified atom stereocenters. The molecule has 5 nitrogen and oxygen atoms in total. The van der Waals surface area contributed by atoms with E-state index in [2.05, 4.69) is 18.8 Å². The molecule has 2 aromatic carbocycles. The minimum atomic E-state index is -0.537. The van der Waals surface area contributed by atoms with Crippen molar-refractivity contribution < 1.29 is 14.5 Å². The lowest BCUT2D eigenvalue weighted by Gasteiger charge is -2.32. The molecule has 0 radical (unpaired) electrons. The van der Waals surface area contributed by atoms with Gasteiger partial charge in [-0.15, -0.1) is 0 Å². The highest BCUT2D eigenvalue weighted by Crippen LogP contribution is 2.33. The predicted molar refractivity (Wildman–Crippen MR) is 122 cm³/mol. The number of fused-ring (bicyclic) bond motifs is 1. The fraction of sp³-hybridized carbons (Fsp3) is 0.400. The molecular weight excluding hydrogens is 374 g/mol. The van der Waals surface area contributed by atoms with Crippen molar-refractivity contribution in [1.29, 1.82) is 0 Å². The number of quaternary nitrogens is 1. The van der Waals surface area contributed by atoms with Gasteiger partial charge in [0.15, 0.2) is 0 Å². The zero-order valence-corrected chi connectivity index (χ0v) is 18.2. The van der Waals surface area contributed by atoms with Gasteiger partial charge in [0.2, 0.25) is 5.91 Å². The average molecular weight is 407 g/mol. The highest BCUT2D eigenvalue weighted by molar-refractivity contribution is 6.29. The summed E-state index contributed by atoms with van der Waals surface area (Å²) in [5.74, 6) is -1.02. The van der Waals surface area contributed by atoms with E-state index in [4.69, 9.17) is 0 Å². The molecule has 0 spiro atoms. The van der Waals surface area contributed by atoms with Gasteiger partial charge in [0.1, 0.15) is 0 Å². The van der Waals surface area contributed by atoms with Gasteiger partial charge >= 0.3 is 0 Å². The first-order chi connectivity index (χ1) is 14.6. The van der Waals surface area contributed by atoms with E-state index in [1.165, 1.54) is 4.90 Å². The molecule has 1 heterocycles. The average Bonchev–Trinajstić information content (AvgIpc) is 2.78. The first-order valence-corrected chi connectivity index (χ1v) is 11.0. The summed E-state index contributed by atoms with van der Waals surface area (Å²) in [6, 6.07) is 15.0. The minimum Gasteiger partial charge on any atom is -0.335 e. The third-order valence-electron chi connectivity index (χ3n) is 5.90. The second kappa shape index (κ2) is 10.3. The zero-order valence-electron chi connectivity index (χ0n) is 18.2. The van der Waals surface area contributed by atoms with Gasteiger partial charge in [-0.2, -0.15) is 0 Å². The number of aryl methyl sites for hydroxylation is 1. The molecule has 0 aliphatic carbocycles. The number of aliphatic imine (C=N–C) groups is 1. The van der Waals surface area contributed by atoms with Crippen molar-refractivity contribution in [3.05, 3.63) is 65.2 Å². The molecule has 30 heavy (non-hydrogen) atoms. The number of rotatable bonds is 9. The number of carbonyl (C=O) groups is 2. The Labute approximate surface area is 179 Å². The number of carbonyl (C=O) groups excluding carboxylic acids is 2. The molecule has 0 fully saturated rings. The van der Waals surface area contributed by atoms with Crippen LogP contribution < -0.4 is 9.80 Å². The lowest BCUT2D eigenvalue weighted by atomic mass is 9.88. The maximum absolute atomic E-state index is 13.4. The number of hydrogen-bond acceptors (Lipinski definition) is 3. The van der Waals surface area contributed by atoms with E-state index in [9.17, 15) is 9.59 Å². The van der Waals surface area contributed by atoms with Gasteiger partial charge < -0.3 is 4.90 Å². The van der Waals surface area contributed by atoms with Crippen LogP contribution in [0.5, 0.6) is 0 Å². The summed E-state index contributed by atoms with van der Waals surface area (Å²) in [6.45, 7) is 10.4. The molecule has 5 heteroatoms. The van der Waals surface area contributed by atoms with Gasteiger partial charge in [-0.3, -0.25) is 14.6 Å². The van der Waals surface area contributed by atoms with Crippen molar-refractivity contribution in [1.82, 2.24) is 0 Å². The van der Waals surface area contributed by atoms with Crippen LogP contribution in [-0.4, -0.2) is 44.2 Å². The maximum Gasteiger partial charge on any atom is 0.265 e. The van der Waals surface area contributed by atoms with E-state index in [1.54, 1.807) is 17.2 Å². The number of imide groups is 1. The van der Waals surface area contributed by atoms with E-state index in [0.717, 1.165) is 43.6 Å². The Bertz CT molecular complexity index is 918. The van der Waals surface area contributed by atoms with Crippen molar-refractivity contribution in [3.63, 3.8) is 0 Å². The first-order valence-electron chi connectivity index (χ1n) is 11.0. The summed E-state index contributed by atoms with van der Waals surface area (Å²) < 4.78 is 0. The van der Waals surface area contributed by atoms with Gasteiger partial charge in [0.05, 0.1) is 31.2 Å². The largest absolute Gasteiger partial charge is 0.335 e. The number of anilines is 1. The van der Waals surface area contributed by atoms with E-state index in [1.807, 2.05) is 49.4 Å². The first kappa shape index (κ1) is 21.9. The molecule has 0 bridgehead atoms. The lowest BCUT2D eigenvalue weighted by molar-refractivity contribution is -0.896. The molecule has 1 atom stereocenters. The number of hydrogen-bond donors (Lipinski definition) is 1. The quantitative estimate of drug-likeness (QED) is 0.396. The number of nitrogens with zero attached hydrogens (tertiary/aromatic N) is 2. The van der Waals surface area contributed by atoms with Crippen LogP contribution in [-0.2, 0) is 11.2 Å². The molecule has 1 N–H and O–H groups in total. The summed E-state index contributed by atoms with van der Waals surface area (Å²) in [5, 5.41) is 0. The van der Waals surface area contributed by atoms with Gasteiger partial charge in [0, 0.05) is 24.7 Å². The highest BCUT2D eigenvalue weighted by Gasteiger charge is 2.39. The van der Waals surface area contributed by atoms with Gasteiger partial charge in [-0.1, -0.05) is 43.3 Å². The van der Waals surface area contributed by atoms with Gasteiger partial charge in [-0.25, -0.2) is 4.90 Å². The van der Waals surface area contributed by atoms with Crippen molar-refractivity contribution in [2.45, 2.75) is 39.5 Å². The predicted octanol–water partition coefficient (Wildman–Crippen LogP) is 2.91. The Hall–Kier alpha value is -2.79. The third kappa shape index (κ3) is 4.51. The van der Waals surface area contributed by atoms with Crippen LogP contribution in [0.3, 0.4) is 0 Å². The topological polar surface area (TPSA) is 54.2 Å². The summed E-state index contributed by atoms with van der Waals surface area (Å²) in [4.78, 5) is 34.1. The number of nitrogens with one attached hydrogen (secondary N) is 1. The fourth-order valence-electron chi connectivity index (χ4n) is 4.06. The normalized spacial score (nSPS) is 16.5. The van der Waals surface area contributed by atoms with E-state index < -0.39 is 5.92 Å². The van der Waals surface area contributed by atoms with Crippen LogP contribution in [0.15, 0.2) is 53.5 Å². The number of para-hydroxylation sites is 1. The molecule has 0 saturated heterocycles. The summed E-state index contributed by atoms with van der Waals surface area (Å²) in [5.41, 5.74) is 2.98. The van der Waals surface area contributed by atoms with Crippen LogP contribution in [0.25, 0.3) is 0 Å². The van der Waals surface area contributed by atoms with Crippen molar-refractivity contribution in [2.24, 2.45) is 4.99 Å². The minimum absolute atomic E-state index is 0.224. The van der Waals surface area contributed by atoms with Crippen LogP contribution in [0.2, 0.25) is 0 Å². The Morgan fingerprint density at radius 2 is 1.70 bits per heavy atom. The maximum atomic E-state index is 13.4. The summed E-state index contributed by atoms with van der Waals surface area (Å²) in [6.07, 6.45) is 3.48. The zero-order chi connectivity index (χ0) is 21.5. The van der Waals surface area contributed by atoms with E-state index in [0.29, 0.717) is 17.8 Å². The Balaban J connectivity index is 1.87. The number of benzene rings is 2. The van der Waals surface area contributed by atoms with E-state index >= 15 is 0 Å². The van der Waals surface area contributed by atoms with E-state index in [-0.39, 0.29) is 11.8 Å². The highest BCUT2D eigenvalue weighted by atomic mass is 16.2. The van der Waals surface area contributed by atoms with Crippen LogP contribution in [0, 0.1) is 0 Å². The third-order valence-corrected chi connectivity index (χ3v) is 5.90. The summed E-state index contributed by atoms with van der Waals surface area (Å²) >= 11 is 0. The monoisotopic (exact) mass is 406 g/mol. The van der Waals surface area contributed by atoms with Crippen LogP contribution in [0.4, 0.5) is 5.69 Å². The van der Waals surface area contributed by atoms with Crippen molar-refractivity contribution >= 4 is 23.7 Å². The van der Waals surface area contributed by atoms with Crippen LogP contribution in [0.1, 0.15) is 54.6 Å². The van der Waals surface area contributed by atoms with Gasteiger partial charge in [0.25, 0.3) is 5.91 Å². The molecule has 2 amide bonds. The van der Waals surface area contributed by atoms with Crippen molar-refractivity contribution in [3.8, 4) is 0 Å². The Morgan fingerprint density at radius 1 is 1.00 bits per heavy atom. The molecule has 0 saturated carbocycles. The van der Waals surface area contributed by atoms with Crippen molar-refractivity contribution in [2.75, 3.05) is 31.1 Å². The Kier molecular flexibility index (Phi) is 7.52. The van der Waals surface area contributed by atoms with Crippen LogP contribution >= 0.6 is 0 Å². The number of amides is 2. The lowest BCUT2D eigenvalue weighted by Crippen LogP contribution is -3.11. The molecular formula is C25H32N3O2+. The molecule has 0 aromatic heterocycles. The molecule has 3 rings (SSSR count). The second-order valence-corrected chi connectivity index (χ2v) is 7.64. The van der Waals surface area contributed by atoms with Gasteiger partial charge in [-0.05, 0) is 43.5 Å². The molecule has 1 aliphatic rings. The fourth-order valence-corrected chi connectivity index (χ4v) is 4.06. The molecule has 158 valence electrons. The molecule has 2 aromatic rings. The Morgan fingerprint density at radius 3 is 2.43 bits per heavy atom. The second-order valence-electron chi connectivity index (χ2n) is 7.64.